The molecule has 5 heteroatoms. The van der Waals surface area contributed by atoms with Crippen molar-refractivity contribution in [1.82, 2.24) is 5.32 Å². The topological polar surface area (TPSA) is 49.0 Å². The van der Waals surface area contributed by atoms with Crippen molar-refractivity contribution in [3.8, 4) is 0 Å². The molecule has 5 nitrogen and oxygen atoms in total. The zero-order valence-corrected chi connectivity index (χ0v) is 12.2. The highest BCUT2D eigenvalue weighted by molar-refractivity contribution is 4.70. The van der Waals surface area contributed by atoms with Gasteiger partial charge in [-0.05, 0) is 19.4 Å². The van der Waals surface area contributed by atoms with E-state index in [0.717, 1.165) is 32.5 Å². The third kappa shape index (κ3) is 10.3. The van der Waals surface area contributed by atoms with E-state index >= 15 is 0 Å². The first-order valence-electron chi connectivity index (χ1n) is 7.49. The second kappa shape index (κ2) is 12.8. The summed E-state index contributed by atoms with van der Waals surface area (Å²) in [6, 6.07) is 0. The van der Waals surface area contributed by atoms with Gasteiger partial charge in [0.1, 0.15) is 0 Å². The van der Waals surface area contributed by atoms with Crippen LogP contribution in [0.25, 0.3) is 0 Å². The highest BCUT2D eigenvalue weighted by Gasteiger charge is 2.13. The van der Waals surface area contributed by atoms with Gasteiger partial charge in [0.05, 0.1) is 45.7 Å². The fourth-order valence-corrected chi connectivity index (χ4v) is 1.83. The molecule has 0 aliphatic carbocycles. The zero-order valence-electron chi connectivity index (χ0n) is 12.2. The van der Waals surface area contributed by atoms with E-state index in [9.17, 15) is 0 Å². The second-order valence-electron chi connectivity index (χ2n) is 4.68. The summed E-state index contributed by atoms with van der Waals surface area (Å²) < 4.78 is 21.8. The SMILES string of the molecule is CCCCOCCOCCOCCO[C@H]1CCNC1. The molecule has 0 aromatic rings. The van der Waals surface area contributed by atoms with E-state index in [1.165, 1.54) is 6.42 Å². The van der Waals surface area contributed by atoms with Gasteiger partial charge in [0.15, 0.2) is 0 Å². The van der Waals surface area contributed by atoms with E-state index in [0.29, 0.717) is 45.7 Å². The molecule has 19 heavy (non-hydrogen) atoms. The van der Waals surface area contributed by atoms with Crippen LogP contribution in [0.4, 0.5) is 0 Å². The predicted molar refractivity (Wildman–Crippen MR) is 74.6 cm³/mol. The van der Waals surface area contributed by atoms with Crippen LogP contribution in [0.3, 0.4) is 0 Å². The first-order chi connectivity index (χ1) is 9.43. The molecule has 0 radical (unpaired) electrons. The average Bonchev–Trinajstić information content (AvgIpc) is 2.93. The molecule has 1 heterocycles. The Labute approximate surface area is 116 Å². The summed E-state index contributed by atoms with van der Waals surface area (Å²) in [4.78, 5) is 0. The minimum atomic E-state index is 0.375. The van der Waals surface area contributed by atoms with E-state index in [1.807, 2.05) is 0 Å². The predicted octanol–water partition coefficient (Wildman–Crippen LogP) is 1.21. The number of ether oxygens (including phenoxy) is 4. The lowest BCUT2D eigenvalue weighted by Crippen LogP contribution is -2.19. The van der Waals surface area contributed by atoms with E-state index < -0.39 is 0 Å². The average molecular weight is 275 g/mol. The van der Waals surface area contributed by atoms with Crippen molar-refractivity contribution in [2.75, 3.05) is 59.3 Å². The largest absolute Gasteiger partial charge is 0.379 e. The Kier molecular flexibility index (Phi) is 11.4. The molecule has 0 unspecified atom stereocenters. The molecule has 0 aromatic carbocycles. The molecule has 0 aromatic heterocycles. The molecule has 0 spiro atoms. The lowest BCUT2D eigenvalue weighted by molar-refractivity contribution is -0.0147. The number of hydrogen-bond donors (Lipinski definition) is 1. The molecule has 0 saturated carbocycles. The number of rotatable bonds is 13. The van der Waals surface area contributed by atoms with Gasteiger partial charge in [-0.1, -0.05) is 13.3 Å². The quantitative estimate of drug-likeness (QED) is 0.512. The molecule has 114 valence electrons. The van der Waals surface area contributed by atoms with Gasteiger partial charge in [-0.25, -0.2) is 0 Å². The fourth-order valence-electron chi connectivity index (χ4n) is 1.83. The highest BCUT2D eigenvalue weighted by atomic mass is 16.6. The first kappa shape index (κ1) is 16.9. The van der Waals surface area contributed by atoms with E-state index in [-0.39, 0.29) is 0 Å². The molecular weight excluding hydrogens is 246 g/mol. The Morgan fingerprint density at radius 3 is 2.11 bits per heavy atom. The minimum Gasteiger partial charge on any atom is -0.379 e. The summed E-state index contributed by atoms with van der Waals surface area (Å²) in [5, 5.41) is 3.27. The zero-order chi connectivity index (χ0) is 13.6. The van der Waals surface area contributed by atoms with E-state index in [2.05, 4.69) is 12.2 Å². The molecule has 1 N–H and O–H groups in total. The smallest absolute Gasteiger partial charge is 0.0712 e. The van der Waals surface area contributed by atoms with Gasteiger partial charge in [-0.15, -0.1) is 0 Å². The molecular formula is C14H29NO4. The van der Waals surface area contributed by atoms with Crippen LogP contribution in [0.2, 0.25) is 0 Å². The summed E-state index contributed by atoms with van der Waals surface area (Å²) in [5.41, 5.74) is 0. The molecule has 1 fully saturated rings. The third-order valence-electron chi connectivity index (χ3n) is 2.98. The minimum absolute atomic E-state index is 0.375. The Bertz CT molecular complexity index is 186. The van der Waals surface area contributed by atoms with Crippen molar-refractivity contribution in [1.29, 1.82) is 0 Å². The van der Waals surface area contributed by atoms with Gasteiger partial charge in [0, 0.05) is 13.2 Å². The van der Waals surface area contributed by atoms with E-state index in [4.69, 9.17) is 18.9 Å². The Hall–Kier alpha value is -0.200. The van der Waals surface area contributed by atoms with Crippen molar-refractivity contribution in [2.45, 2.75) is 32.3 Å². The summed E-state index contributed by atoms with van der Waals surface area (Å²) in [7, 11) is 0. The van der Waals surface area contributed by atoms with Gasteiger partial charge in [-0.3, -0.25) is 0 Å². The normalized spacial score (nSPS) is 19.1. The van der Waals surface area contributed by atoms with Crippen molar-refractivity contribution in [3.05, 3.63) is 0 Å². The van der Waals surface area contributed by atoms with Crippen LogP contribution in [0.15, 0.2) is 0 Å². The molecule has 1 aliphatic heterocycles. The first-order valence-corrected chi connectivity index (χ1v) is 7.49. The van der Waals surface area contributed by atoms with Gasteiger partial charge in [0.25, 0.3) is 0 Å². The Morgan fingerprint density at radius 2 is 1.53 bits per heavy atom. The molecule has 1 saturated heterocycles. The van der Waals surface area contributed by atoms with Crippen molar-refractivity contribution >= 4 is 0 Å². The van der Waals surface area contributed by atoms with Gasteiger partial charge >= 0.3 is 0 Å². The van der Waals surface area contributed by atoms with Crippen molar-refractivity contribution in [2.24, 2.45) is 0 Å². The standard InChI is InChI=1S/C14H29NO4/c1-2-3-6-16-7-8-17-9-10-18-11-12-19-14-4-5-15-13-14/h14-15H,2-13H2,1H3/t14-/m0/s1. The van der Waals surface area contributed by atoms with Crippen LogP contribution in [0, 0.1) is 0 Å². The summed E-state index contributed by atoms with van der Waals surface area (Å²) in [5.74, 6) is 0. The number of unbranched alkanes of at least 4 members (excludes halogenated alkanes) is 1. The fraction of sp³-hybridized carbons (Fsp3) is 1.00. The Balaban J connectivity index is 1.67. The lowest BCUT2D eigenvalue weighted by Gasteiger charge is -2.10. The maximum atomic E-state index is 5.64. The third-order valence-corrected chi connectivity index (χ3v) is 2.98. The molecule has 0 amide bonds. The van der Waals surface area contributed by atoms with Gasteiger partial charge in [0.2, 0.25) is 0 Å². The summed E-state index contributed by atoms with van der Waals surface area (Å²) >= 11 is 0. The van der Waals surface area contributed by atoms with Crippen LogP contribution in [-0.2, 0) is 18.9 Å². The molecule has 1 aliphatic rings. The van der Waals surface area contributed by atoms with Crippen LogP contribution in [-0.4, -0.2) is 65.4 Å². The Morgan fingerprint density at radius 1 is 0.895 bits per heavy atom. The van der Waals surface area contributed by atoms with Crippen LogP contribution >= 0.6 is 0 Å². The van der Waals surface area contributed by atoms with Gasteiger partial charge in [-0.2, -0.15) is 0 Å². The monoisotopic (exact) mass is 275 g/mol. The van der Waals surface area contributed by atoms with Gasteiger partial charge < -0.3 is 24.3 Å². The maximum Gasteiger partial charge on any atom is 0.0712 e. The van der Waals surface area contributed by atoms with Crippen LogP contribution < -0.4 is 5.32 Å². The highest BCUT2D eigenvalue weighted by Crippen LogP contribution is 2.02. The van der Waals surface area contributed by atoms with Crippen molar-refractivity contribution < 1.29 is 18.9 Å². The van der Waals surface area contributed by atoms with Crippen LogP contribution in [0.5, 0.6) is 0 Å². The van der Waals surface area contributed by atoms with E-state index in [1.54, 1.807) is 0 Å². The summed E-state index contributed by atoms with van der Waals surface area (Å²) in [6.45, 7) is 8.94. The molecule has 1 rings (SSSR count). The molecule has 1 atom stereocenters. The molecule has 0 bridgehead atoms. The number of hydrogen-bond acceptors (Lipinski definition) is 5. The lowest BCUT2D eigenvalue weighted by atomic mass is 10.3. The number of nitrogens with one attached hydrogen (secondary N) is 1. The summed E-state index contributed by atoms with van der Waals surface area (Å²) in [6.07, 6.45) is 3.79. The maximum absolute atomic E-state index is 5.64. The van der Waals surface area contributed by atoms with Crippen molar-refractivity contribution in [3.63, 3.8) is 0 Å². The second-order valence-corrected chi connectivity index (χ2v) is 4.68. The van der Waals surface area contributed by atoms with Crippen LogP contribution in [0.1, 0.15) is 26.2 Å².